The van der Waals surface area contributed by atoms with Crippen molar-refractivity contribution in [2.75, 3.05) is 35.5 Å². The van der Waals surface area contributed by atoms with Gasteiger partial charge < -0.3 is 111 Å². The summed E-state index contributed by atoms with van der Waals surface area (Å²) in [7, 11) is 8.05. The zero-order valence-corrected chi connectivity index (χ0v) is 54.8. The number of Topliss-reactive ketones (excluding diaryl/α,β-unsaturated/α-hetero) is 1. The molecule has 0 spiro atoms. The molecule has 32 atom stereocenters. The molecule has 6 heterocycles. The molecule has 510 valence electrons. The number of hydrogen-bond acceptors (Lipinski definition) is 25. The van der Waals surface area contributed by atoms with E-state index in [0.717, 1.165) is 5.57 Å². The number of ether oxygens (including phenoxy) is 18. The van der Waals surface area contributed by atoms with Crippen molar-refractivity contribution in [1.82, 2.24) is 0 Å². The van der Waals surface area contributed by atoms with E-state index >= 15 is 0 Å². The molecular weight excluding hydrogens is 1170 g/mol. The van der Waals surface area contributed by atoms with Gasteiger partial charge in [0.05, 0.1) is 84.8 Å². The van der Waals surface area contributed by atoms with Gasteiger partial charge >= 0.3 is 5.97 Å². The molecule has 0 aromatic carbocycles. The number of fused-ring (bicyclic) bond motifs is 5. The van der Waals surface area contributed by atoms with E-state index < -0.39 is 199 Å². The first-order valence-electron chi connectivity index (χ1n) is 32.5. The Morgan fingerprint density at radius 3 is 1.31 bits per heavy atom. The van der Waals surface area contributed by atoms with Crippen LogP contribution in [0.4, 0.5) is 0 Å². The van der Waals surface area contributed by atoms with Gasteiger partial charge in [-0.2, -0.15) is 0 Å². The summed E-state index contributed by atoms with van der Waals surface area (Å²) in [5.41, 5.74) is -6.81. The minimum absolute atomic E-state index is 0.0285. The molecule has 0 bridgehead atoms. The van der Waals surface area contributed by atoms with Gasteiger partial charge in [-0.1, -0.05) is 18.6 Å². The monoisotopic (exact) mass is 1270 g/mol. The Labute approximate surface area is 523 Å². The lowest BCUT2D eigenvalue weighted by Gasteiger charge is -2.67. The number of hydrogen-bond donors (Lipinski definition) is 5. The summed E-state index contributed by atoms with van der Waals surface area (Å²) in [6, 6.07) is 0. The van der Waals surface area contributed by atoms with Gasteiger partial charge in [0.2, 0.25) is 0 Å². The average Bonchev–Trinajstić information content (AvgIpc) is 1.61. The van der Waals surface area contributed by atoms with Crippen LogP contribution in [0.1, 0.15) is 153 Å². The van der Waals surface area contributed by atoms with Crippen molar-refractivity contribution in [1.29, 1.82) is 0 Å². The second-order valence-corrected chi connectivity index (χ2v) is 27.6. The molecule has 89 heavy (non-hydrogen) atoms. The molecule has 4 aliphatic carbocycles. The Balaban J connectivity index is 0.690. The zero-order valence-electron chi connectivity index (χ0n) is 54.8. The van der Waals surface area contributed by atoms with Crippen LogP contribution in [0.3, 0.4) is 0 Å². The van der Waals surface area contributed by atoms with Gasteiger partial charge in [0.25, 0.3) is 0 Å². The number of aliphatic hydroxyl groups excluding tert-OH is 2. The van der Waals surface area contributed by atoms with Crippen LogP contribution in [0.15, 0.2) is 11.6 Å². The molecule has 5 N–H and O–H groups in total. The highest BCUT2D eigenvalue weighted by Gasteiger charge is 2.81. The predicted molar refractivity (Wildman–Crippen MR) is 310 cm³/mol. The van der Waals surface area contributed by atoms with Crippen molar-refractivity contribution >= 4 is 11.8 Å². The Kier molecular flexibility index (Phi) is 21.7. The van der Waals surface area contributed by atoms with E-state index in [-0.39, 0.29) is 38.2 Å². The fraction of sp³-hybridized carbons (Fsp3) is 0.938. The van der Waals surface area contributed by atoms with Crippen LogP contribution in [0.5, 0.6) is 0 Å². The third-order valence-corrected chi connectivity index (χ3v) is 22.6. The number of rotatable bonds is 19. The second kappa shape index (κ2) is 27.6. The van der Waals surface area contributed by atoms with Crippen molar-refractivity contribution in [2.24, 2.45) is 16.7 Å². The summed E-state index contributed by atoms with van der Waals surface area (Å²) in [5.74, 6) is -1.67. The third-order valence-electron chi connectivity index (χ3n) is 22.6. The predicted octanol–water partition coefficient (Wildman–Crippen LogP) is 3.96. The Hall–Kier alpha value is -2.00. The maximum atomic E-state index is 13.1. The summed E-state index contributed by atoms with van der Waals surface area (Å²) < 4.78 is 113. The maximum absolute atomic E-state index is 13.1. The van der Waals surface area contributed by atoms with Gasteiger partial charge in [0.15, 0.2) is 43.5 Å². The van der Waals surface area contributed by atoms with Crippen LogP contribution >= 0.6 is 0 Å². The van der Waals surface area contributed by atoms with E-state index in [1.807, 2.05) is 40.7 Å². The number of ketones is 1. The van der Waals surface area contributed by atoms with Crippen LogP contribution < -0.4 is 0 Å². The molecule has 25 heteroatoms. The van der Waals surface area contributed by atoms with Gasteiger partial charge in [-0.3, -0.25) is 9.59 Å². The van der Waals surface area contributed by atoms with E-state index in [2.05, 4.69) is 6.92 Å². The average molecular weight is 1270 g/mol. The van der Waals surface area contributed by atoms with E-state index in [1.54, 1.807) is 42.3 Å². The summed E-state index contributed by atoms with van der Waals surface area (Å²) in [6.07, 6.45) is -9.42. The fourth-order valence-electron chi connectivity index (χ4n) is 17.5. The topological polar surface area (TPSA) is 301 Å². The van der Waals surface area contributed by atoms with Gasteiger partial charge in [-0.05, 0) is 106 Å². The molecule has 0 aromatic rings. The molecule has 6 saturated heterocycles. The van der Waals surface area contributed by atoms with Crippen molar-refractivity contribution in [3.05, 3.63) is 11.6 Å². The Morgan fingerprint density at radius 1 is 0.506 bits per heavy atom. The van der Waals surface area contributed by atoms with E-state index in [1.165, 1.54) is 21.0 Å². The minimum Gasteiger partial charge on any atom is -0.462 e. The second-order valence-electron chi connectivity index (χ2n) is 27.6. The Morgan fingerprint density at radius 2 is 0.899 bits per heavy atom. The first-order chi connectivity index (χ1) is 42.1. The maximum Gasteiger partial charge on any atom is 0.302 e. The smallest absolute Gasteiger partial charge is 0.302 e. The van der Waals surface area contributed by atoms with E-state index in [4.69, 9.17) is 85.3 Å². The largest absolute Gasteiger partial charge is 0.462 e. The Bertz CT molecular complexity index is 2430. The lowest BCUT2D eigenvalue weighted by molar-refractivity contribution is -0.354. The molecular formula is C64H104O25. The van der Waals surface area contributed by atoms with Crippen LogP contribution in [0.25, 0.3) is 0 Å². The molecule has 3 saturated carbocycles. The van der Waals surface area contributed by atoms with E-state index in [9.17, 15) is 35.1 Å². The minimum atomic E-state index is -2.00. The highest BCUT2D eigenvalue weighted by atomic mass is 16.8. The van der Waals surface area contributed by atoms with Gasteiger partial charge in [0.1, 0.15) is 59.5 Å². The summed E-state index contributed by atoms with van der Waals surface area (Å²) in [6.45, 7) is 17.4. The number of methoxy groups -OCH3 is 5. The number of aliphatic hydroxyl groups is 5. The molecule has 9 fully saturated rings. The summed E-state index contributed by atoms with van der Waals surface area (Å²) >= 11 is 0. The van der Waals surface area contributed by atoms with Crippen LogP contribution in [-0.4, -0.2) is 249 Å². The molecule has 0 unspecified atom stereocenters. The van der Waals surface area contributed by atoms with Gasteiger partial charge in [-0.25, -0.2) is 0 Å². The molecule has 0 radical (unpaired) electrons. The van der Waals surface area contributed by atoms with Gasteiger partial charge in [-0.15, -0.1) is 0 Å². The first kappa shape index (κ1) is 69.8. The van der Waals surface area contributed by atoms with Crippen molar-refractivity contribution in [2.45, 2.75) is 329 Å². The van der Waals surface area contributed by atoms with E-state index in [0.29, 0.717) is 51.4 Å². The number of carbonyl (C=O) groups is 2. The van der Waals surface area contributed by atoms with Crippen molar-refractivity contribution < 1.29 is 120 Å². The fourth-order valence-corrected chi connectivity index (χ4v) is 17.5. The normalized spacial score (nSPS) is 52.0. The molecule has 10 aliphatic rings. The van der Waals surface area contributed by atoms with Crippen molar-refractivity contribution in [3.8, 4) is 0 Å². The summed E-state index contributed by atoms with van der Waals surface area (Å²) in [5, 5.41) is 59.2. The highest BCUT2D eigenvalue weighted by molar-refractivity contribution is 5.87. The van der Waals surface area contributed by atoms with Crippen LogP contribution in [-0.2, 0) is 94.9 Å². The van der Waals surface area contributed by atoms with Crippen LogP contribution in [0, 0.1) is 16.7 Å². The zero-order chi connectivity index (χ0) is 64.4. The molecule has 25 nitrogen and oxygen atoms in total. The molecule has 6 aliphatic heterocycles. The SMILES string of the molecule is CO[C@H]1C[C@H](O[C@H]2[C@@H](OC)C[C@H](O[C@H]3CC[C@@]4(C)C(=CC[C@]5(O)[C@@H]4C[C@@H](OC(C)=O)[C@@]4(C)[C@]5(O)CC[C@@]4(O)C(C)=O)C3)O[C@@H]2C)O[C@@H](C)[C@H]1O[C@H]1C[C@H](OC)[C@H](O[C@H]2C[C@@H](OC)[C@@H](O[C@H]3C[C@H](O)[C@H](O[C@H]4C[C@@H](OC)[C@@H](O)[C@H](C)O4)[C@@H](C)O3)[C@H](C)O2)[C@@H](C)O1. The van der Waals surface area contributed by atoms with Crippen molar-refractivity contribution in [3.63, 3.8) is 0 Å². The molecule has 0 aromatic heterocycles. The van der Waals surface area contributed by atoms with Gasteiger partial charge in [0, 0.05) is 86.9 Å². The number of esters is 1. The number of carbonyl (C=O) groups excluding carboxylic acids is 2. The molecule has 0 amide bonds. The summed E-state index contributed by atoms with van der Waals surface area (Å²) in [4.78, 5) is 25.7. The quantitative estimate of drug-likeness (QED) is 0.0903. The highest BCUT2D eigenvalue weighted by Crippen LogP contribution is 2.71. The third kappa shape index (κ3) is 13.0. The molecule has 10 rings (SSSR count). The first-order valence-corrected chi connectivity index (χ1v) is 32.5. The lowest BCUT2D eigenvalue weighted by atomic mass is 9.42. The standard InChI is InChI=1S/C64H104O25/c1-30-54(68)41(72-11)24-50(77-30)85-55-31(2)78-48(23-40(55)67)86-56-33(4)80-51(26-43(56)74-13)88-58-35(6)82-53(28-45(58)76-15)89-59-34(5)81-52(27-44(59)75-14)87-57-32(3)79-49(25-42(57)73-12)84-39-17-18-60(9)38(22-39)16-19-63(70)46(60)29-47(83-37(8)66)61(10)62(69,36(7)65)20-21-64(61,63)71/h16,30-35,39-59,67-71H,17-29H2,1-15H3/t30-,31+,32+,33-,34-,35+,39-,40-,41+,42-,43+,44-,45-,46+,47+,48-,49-,50-,51-,52-,53-,54-,55+,56-,57+,58+,59+,60-,61+,62+,63-,64+/m0/s1. The lowest BCUT2D eigenvalue weighted by Crippen LogP contribution is -2.78. The van der Waals surface area contributed by atoms with Crippen LogP contribution in [0.2, 0.25) is 0 Å².